The van der Waals surface area contributed by atoms with Crippen LogP contribution in [-0.4, -0.2) is 29.5 Å². The molecule has 11 aromatic carbocycles. The molecule has 0 radical (unpaired) electrons. The maximum atomic E-state index is 12.2. The van der Waals surface area contributed by atoms with Crippen molar-refractivity contribution >= 4 is 132 Å². The van der Waals surface area contributed by atoms with Crippen LogP contribution >= 0.6 is 0 Å². The molecule has 7 heterocycles. The van der Waals surface area contributed by atoms with E-state index in [2.05, 4.69) is 253 Å². The Morgan fingerprint density at radius 2 is 0.592 bits per heavy atom. The Balaban J connectivity index is 1.04. The highest BCUT2D eigenvalue weighted by molar-refractivity contribution is 7.00. The molecule has 0 saturated carbocycles. The number of para-hydroxylation sites is 8. The summed E-state index contributed by atoms with van der Waals surface area (Å²) < 4.78 is 11.7. The molecular formula is C68H36BN7. The zero-order chi connectivity index (χ0) is 49.7. The van der Waals surface area contributed by atoms with E-state index in [4.69, 9.17) is 0 Å². The van der Waals surface area contributed by atoms with Crippen LogP contribution in [0.25, 0.3) is 137 Å². The molecule has 0 fully saturated rings. The molecule has 0 bridgehead atoms. The Morgan fingerprint density at radius 1 is 0.276 bits per heavy atom. The Labute approximate surface area is 433 Å². The largest absolute Gasteiger partial charge is 0.309 e. The first-order valence-corrected chi connectivity index (χ1v) is 25.8. The number of benzene rings is 11. The molecule has 2 aliphatic rings. The van der Waals surface area contributed by atoms with Gasteiger partial charge in [0, 0.05) is 76.3 Å². The normalized spacial score (nSPS) is 12.7. The van der Waals surface area contributed by atoms with Crippen LogP contribution < -0.4 is 16.4 Å². The quantitative estimate of drug-likeness (QED) is 0.166. The molecule has 16 aromatic rings. The lowest BCUT2D eigenvalue weighted by molar-refractivity contribution is 1.08. The third kappa shape index (κ3) is 4.70. The zero-order valence-electron chi connectivity index (χ0n) is 40.5. The van der Waals surface area contributed by atoms with Gasteiger partial charge in [0.05, 0.1) is 61.2 Å². The van der Waals surface area contributed by atoms with Crippen LogP contribution in [0.1, 0.15) is 11.1 Å². The summed E-state index contributed by atoms with van der Waals surface area (Å²) in [7, 11) is 0. The monoisotopic (exact) mass is 961 g/mol. The van der Waals surface area contributed by atoms with Gasteiger partial charge in [0.15, 0.2) is 0 Å². The smallest absolute Gasteiger partial charge is 0.252 e. The van der Waals surface area contributed by atoms with Gasteiger partial charge in [0.2, 0.25) is 0 Å². The zero-order valence-corrected chi connectivity index (χ0v) is 40.5. The summed E-state index contributed by atoms with van der Waals surface area (Å²) in [5, 5.41) is 35.8. The molecule has 0 aliphatic carbocycles. The van der Waals surface area contributed by atoms with Crippen molar-refractivity contribution in [3.8, 4) is 40.6 Å². The average Bonchev–Trinajstić information content (AvgIpc) is 4.18. The second-order valence-corrected chi connectivity index (χ2v) is 20.5. The SMILES string of the molecule is N#Cc1c(-n2c3ccc(-n4c5ccccc5c5ccccc54)cc3c3cc(-n4c5ccccc5c5ccccc54)ccc32)c(C#N)c2c3c1-n1c4ccccc4c4cccc(c41)B3c1cccc3c4ccccc4n-2c13. The third-order valence-electron chi connectivity index (χ3n) is 17.1. The van der Waals surface area contributed by atoms with Gasteiger partial charge < -0.3 is 22.8 Å². The summed E-state index contributed by atoms with van der Waals surface area (Å²) in [4.78, 5) is 0. The van der Waals surface area contributed by atoms with E-state index in [1.807, 2.05) is 0 Å². The van der Waals surface area contributed by atoms with Crippen molar-refractivity contribution in [2.24, 2.45) is 0 Å². The van der Waals surface area contributed by atoms with E-state index < -0.39 is 0 Å². The molecule has 0 N–H and O–H groups in total. The molecular weight excluding hydrogens is 926 g/mol. The van der Waals surface area contributed by atoms with Crippen molar-refractivity contribution in [2.75, 3.05) is 0 Å². The van der Waals surface area contributed by atoms with E-state index in [1.165, 1.54) is 32.5 Å². The van der Waals surface area contributed by atoms with Crippen molar-refractivity contribution in [3.05, 3.63) is 230 Å². The van der Waals surface area contributed by atoms with Crippen molar-refractivity contribution in [3.63, 3.8) is 0 Å². The van der Waals surface area contributed by atoms with Crippen molar-refractivity contribution < 1.29 is 0 Å². The van der Waals surface area contributed by atoms with E-state index in [0.717, 1.165) is 116 Å². The first-order chi connectivity index (χ1) is 37.7. The van der Waals surface area contributed by atoms with Crippen molar-refractivity contribution in [2.45, 2.75) is 0 Å². The van der Waals surface area contributed by atoms with Crippen LogP contribution in [0.3, 0.4) is 0 Å². The number of aromatic nitrogens is 5. The van der Waals surface area contributed by atoms with Gasteiger partial charge in [0.1, 0.15) is 23.3 Å². The molecule has 2 aliphatic heterocycles. The highest BCUT2D eigenvalue weighted by atomic mass is 15.1. The van der Waals surface area contributed by atoms with Crippen LogP contribution in [0.15, 0.2) is 218 Å². The standard InChI is InChI=1S/C68H36BN7/c70-37-51-64(52(38-71)68-63-67(51)75-59-29-11-5-19-45(59)47-21-13-23-53(65(47)75)69(63)54-24-14-22-48-46-20-6-12-30-60(46)76(68)66(48)54)74-61-33-31-39(72-55-25-7-1-15-41(55)42-16-2-8-26-56(42)72)35-49(61)50-36-40(32-34-62(50)74)73-57-27-9-3-17-43(57)44-18-4-10-28-58(44)73/h1-36H. The molecule has 76 heavy (non-hydrogen) atoms. The van der Waals surface area contributed by atoms with E-state index in [9.17, 15) is 10.5 Å². The van der Waals surface area contributed by atoms with Crippen LogP contribution in [0.2, 0.25) is 0 Å². The molecule has 0 amide bonds. The molecule has 346 valence electrons. The summed E-state index contributed by atoms with van der Waals surface area (Å²) in [5.74, 6) is 0. The molecule has 0 unspecified atom stereocenters. The average molecular weight is 962 g/mol. The maximum Gasteiger partial charge on any atom is 0.252 e. The first-order valence-electron chi connectivity index (χ1n) is 25.8. The number of rotatable bonds is 3. The Morgan fingerprint density at radius 3 is 0.961 bits per heavy atom. The fourth-order valence-corrected chi connectivity index (χ4v) is 14.3. The number of hydrogen-bond donors (Lipinski definition) is 0. The van der Waals surface area contributed by atoms with E-state index >= 15 is 0 Å². The van der Waals surface area contributed by atoms with Gasteiger partial charge in [0.25, 0.3) is 6.71 Å². The van der Waals surface area contributed by atoms with Gasteiger partial charge in [-0.15, -0.1) is 0 Å². The lowest BCUT2D eigenvalue weighted by Gasteiger charge is -2.35. The molecule has 18 rings (SSSR count). The van der Waals surface area contributed by atoms with Gasteiger partial charge in [-0.3, -0.25) is 0 Å². The van der Waals surface area contributed by atoms with Gasteiger partial charge in [-0.1, -0.05) is 146 Å². The predicted molar refractivity (Wildman–Crippen MR) is 312 cm³/mol. The summed E-state index contributed by atoms with van der Waals surface area (Å²) in [6.07, 6.45) is 0. The number of fused-ring (bicyclic) bond motifs is 19. The van der Waals surface area contributed by atoms with Crippen molar-refractivity contribution in [1.82, 2.24) is 22.8 Å². The van der Waals surface area contributed by atoms with Crippen LogP contribution in [0, 0.1) is 22.7 Å². The van der Waals surface area contributed by atoms with Crippen LogP contribution in [0.4, 0.5) is 0 Å². The maximum absolute atomic E-state index is 12.2. The molecule has 0 saturated heterocycles. The number of nitrogens with zero attached hydrogens (tertiary/aromatic N) is 7. The molecule has 0 spiro atoms. The second-order valence-electron chi connectivity index (χ2n) is 20.5. The highest BCUT2D eigenvalue weighted by Crippen LogP contribution is 2.46. The molecule has 5 aromatic heterocycles. The fourth-order valence-electron chi connectivity index (χ4n) is 14.3. The minimum Gasteiger partial charge on any atom is -0.309 e. The first kappa shape index (κ1) is 40.0. The fraction of sp³-hybridized carbons (Fsp3) is 0. The minimum absolute atomic E-state index is 0.250. The lowest BCUT2D eigenvalue weighted by atomic mass is 9.34. The Bertz CT molecular complexity index is 5030. The van der Waals surface area contributed by atoms with Crippen LogP contribution in [-0.2, 0) is 0 Å². The number of nitriles is 2. The predicted octanol–water partition coefficient (Wildman–Crippen LogP) is 14.1. The molecule has 7 nitrogen and oxygen atoms in total. The summed E-state index contributed by atoms with van der Waals surface area (Å²) in [6.45, 7) is -0.250. The van der Waals surface area contributed by atoms with Gasteiger partial charge in [-0.2, -0.15) is 10.5 Å². The summed E-state index contributed by atoms with van der Waals surface area (Å²) in [6, 6.07) is 84.1. The van der Waals surface area contributed by atoms with Gasteiger partial charge in [-0.05, 0) is 89.2 Å². The summed E-state index contributed by atoms with van der Waals surface area (Å²) in [5.41, 5.74) is 19.0. The lowest BCUT2D eigenvalue weighted by Crippen LogP contribution is -2.60. The van der Waals surface area contributed by atoms with E-state index in [0.29, 0.717) is 16.8 Å². The van der Waals surface area contributed by atoms with Crippen LogP contribution in [0.5, 0.6) is 0 Å². The molecule has 0 atom stereocenters. The summed E-state index contributed by atoms with van der Waals surface area (Å²) >= 11 is 0. The minimum atomic E-state index is -0.250. The Hall–Kier alpha value is -10.5. The van der Waals surface area contributed by atoms with Crippen molar-refractivity contribution in [1.29, 1.82) is 10.5 Å². The van der Waals surface area contributed by atoms with Gasteiger partial charge in [-0.25, -0.2) is 0 Å². The topological polar surface area (TPSA) is 72.2 Å². The highest BCUT2D eigenvalue weighted by Gasteiger charge is 2.45. The third-order valence-corrected chi connectivity index (χ3v) is 17.1. The second kappa shape index (κ2) is 14.1. The van der Waals surface area contributed by atoms with E-state index in [-0.39, 0.29) is 6.71 Å². The Kier molecular flexibility index (Phi) is 7.45. The van der Waals surface area contributed by atoms with E-state index in [1.54, 1.807) is 0 Å². The molecule has 8 heteroatoms. The van der Waals surface area contributed by atoms with Gasteiger partial charge >= 0.3 is 0 Å². The number of hydrogen-bond acceptors (Lipinski definition) is 2.